The number of anilines is 1. The van der Waals surface area contributed by atoms with E-state index < -0.39 is 17.7 Å². The van der Waals surface area contributed by atoms with Crippen LogP contribution in [-0.2, 0) is 14.3 Å². The summed E-state index contributed by atoms with van der Waals surface area (Å²) < 4.78 is 17.7. The SMILES string of the molecule is COC(=O)C1=C(Nc2ccc(F)cc2Cl)C(=O)N(CCO)C1. The number of esters is 1. The van der Waals surface area contributed by atoms with Crippen LogP contribution in [0.5, 0.6) is 0 Å². The third-order valence-electron chi connectivity index (χ3n) is 3.14. The first-order chi connectivity index (χ1) is 10.5. The number of carbonyl (C=O) groups excluding carboxylic acids is 2. The first-order valence-corrected chi connectivity index (χ1v) is 6.79. The van der Waals surface area contributed by atoms with E-state index in [-0.39, 0.29) is 36.0 Å². The Morgan fingerprint density at radius 3 is 2.86 bits per heavy atom. The van der Waals surface area contributed by atoms with Crippen molar-refractivity contribution in [2.24, 2.45) is 0 Å². The van der Waals surface area contributed by atoms with E-state index in [1.807, 2.05) is 0 Å². The van der Waals surface area contributed by atoms with Gasteiger partial charge in [-0.3, -0.25) is 4.79 Å². The van der Waals surface area contributed by atoms with Gasteiger partial charge in [-0.2, -0.15) is 0 Å². The van der Waals surface area contributed by atoms with Gasteiger partial charge in [0, 0.05) is 6.54 Å². The van der Waals surface area contributed by atoms with E-state index in [1.165, 1.54) is 24.1 Å². The molecule has 0 fully saturated rings. The number of halogens is 2. The average molecular weight is 329 g/mol. The molecule has 1 heterocycles. The second-order valence-corrected chi connectivity index (χ2v) is 4.95. The summed E-state index contributed by atoms with van der Waals surface area (Å²) in [5.74, 6) is -1.64. The van der Waals surface area contributed by atoms with Crippen molar-refractivity contribution in [3.63, 3.8) is 0 Å². The van der Waals surface area contributed by atoms with E-state index in [2.05, 4.69) is 10.1 Å². The normalized spacial score (nSPS) is 14.5. The quantitative estimate of drug-likeness (QED) is 0.793. The molecule has 0 aromatic heterocycles. The number of carbonyl (C=O) groups is 2. The zero-order valence-electron chi connectivity index (χ0n) is 11.7. The molecule has 2 rings (SSSR count). The van der Waals surface area contributed by atoms with Crippen LogP contribution in [0, 0.1) is 5.82 Å². The highest BCUT2D eigenvalue weighted by Crippen LogP contribution is 2.27. The van der Waals surface area contributed by atoms with Crippen molar-refractivity contribution >= 4 is 29.2 Å². The van der Waals surface area contributed by atoms with Gasteiger partial charge in [-0.15, -0.1) is 0 Å². The maximum atomic E-state index is 13.1. The van der Waals surface area contributed by atoms with Crippen LogP contribution in [-0.4, -0.2) is 48.7 Å². The molecular formula is C14H14ClFN2O4. The summed E-state index contributed by atoms with van der Waals surface area (Å²) in [5, 5.41) is 11.8. The van der Waals surface area contributed by atoms with Crippen molar-refractivity contribution in [3.05, 3.63) is 40.3 Å². The van der Waals surface area contributed by atoms with E-state index in [4.69, 9.17) is 16.7 Å². The Kier molecular flexibility index (Phi) is 4.99. The number of ether oxygens (including phenoxy) is 1. The largest absolute Gasteiger partial charge is 0.466 e. The summed E-state index contributed by atoms with van der Waals surface area (Å²) >= 11 is 5.91. The van der Waals surface area contributed by atoms with Crippen LogP contribution in [0.2, 0.25) is 5.02 Å². The molecule has 0 saturated heterocycles. The number of aliphatic hydroxyl groups is 1. The van der Waals surface area contributed by atoms with Gasteiger partial charge in [-0.25, -0.2) is 9.18 Å². The molecule has 0 aliphatic carbocycles. The Hall–Kier alpha value is -2.12. The lowest BCUT2D eigenvalue weighted by Crippen LogP contribution is -2.31. The molecule has 0 atom stereocenters. The molecule has 0 spiro atoms. The zero-order chi connectivity index (χ0) is 16.3. The maximum absolute atomic E-state index is 13.1. The fraction of sp³-hybridized carbons (Fsp3) is 0.286. The van der Waals surface area contributed by atoms with Crippen LogP contribution < -0.4 is 5.32 Å². The Balaban J connectivity index is 2.34. The minimum Gasteiger partial charge on any atom is -0.466 e. The molecule has 1 aromatic carbocycles. The lowest BCUT2D eigenvalue weighted by molar-refractivity contribution is -0.136. The summed E-state index contributed by atoms with van der Waals surface area (Å²) in [6.07, 6.45) is 0. The lowest BCUT2D eigenvalue weighted by atomic mass is 10.2. The number of benzene rings is 1. The minimum atomic E-state index is -0.658. The molecule has 1 aliphatic rings. The first kappa shape index (κ1) is 16.3. The van der Waals surface area contributed by atoms with Gasteiger partial charge >= 0.3 is 5.97 Å². The van der Waals surface area contributed by atoms with E-state index in [9.17, 15) is 14.0 Å². The van der Waals surface area contributed by atoms with E-state index >= 15 is 0 Å². The predicted octanol–water partition coefficient (Wildman–Crippen LogP) is 1.15. The summed E-state index contributed by atoms with van der Waals surface area (Å²) in [7, 11) is 1.21. The highest BCUT2D eigenvalue weighted by atomic mass is 35.5. The van der Waals surface area contributed by atoms with Crippen LogP contribution >= 0.6 is 11.6 Å². The van der Waals surface area contributed by atoms with Gasteiger partial charge in [0.15, 0.2) is 0 Å². The molecule has 22 heavy (non-hydrogen) atoms. The Labute approximate surface area is 131 Å². The van der Waals surface area contributed by atoms with Crippen molar-refractivity contribution in [1.82, 2.24) is 4.90 Å². The van der Waals surface area contributed by atoms with Crippen LogP contribution in [0.1, 0.15) is 0 Å². The van der Waals surface area contributed by atoms with Gasteiger partial charge in [0.25, 0.3) is 5.91 Å². The van der Waals surface area contributed by atoms with Gasteiger partial charge in [-0.05, 0) is 18.2 Å². The molecule has 118 valence electrons. The second kappa shape index (κ2) is 6.76. The van der Waals surface area contributed by atoms with Crippen molar-refractivity contribution in [2.75, 3.05) is 32.1 Å². The number of methoxy groups -OCH3 is 1. The minimum absolute atomic E-state index is 0.00816. The second-order valence-electron chi connectivity index (χ2n) is 4.54. The van der Waals surface area contributed by atoms with Crippen LogP contribution in [0.15, 0.2) is 29.5 Å². The fourth-order valence-corrected chi connectivity index (χ4v) is 2.29. The molecule has 0 radical (unpaired) electrons. The molecule has 0 unspecified atom stereocenters. The Morgan fingerprint density at radius 1 is 1.55 bits per heavy atom. The number of rotatable bonds is 5. The van der Waals surface area contributed by atoms with E-state index in [0.29, 0.717) is 5.69 Å². The van der Waals surface area contributed by atoms with Crippen molar-refractivity contribution in [1.29, 1.82) is 0 Å². The smallest absolute Gasteiger partial charge is 0.337 e. The van der Waals surface area contributed by atoms with E-state index in [0.717, 1.165) is 6.07 Å². The van der Waals surface area contributed by atoms with Gasteiger partial charge in [-0.1, -0.05) is 11.6 Å². The molecule has 6 nitrogen and oxygen atoms in total. The zero-order valence-corrected chi connectivity index (χ0v) is 12.5. The maximum Gasteiger partial charge on any atom is 0.337 e. The van der Waals surface area contributed by atoms with Crippen molar-refractivity contribution in [3.8, 4) is 0 Å². The van der Waals surface area contributed by atoms with Crippen molar-refractivity contribution in [2.45, 2.75) is 0 Å². The monoisotopic (exact) mass is 328 g/mol. The summed E-state index contributed by atoms with van der Waals surface area (Å²) in [6, 6.07) is 3.63. The average Bonchev–Trinajstić information content (AvgIpc) is 2.79. The standard InChI is InChI=1S/C14H14ClFN2O4/c1-22-14(21)9-7-18(4-5-19)13(20)12(9)17-11-3-2-8(16)6-10(11)15/h2-3,6,17,19H,4-5,7H2,1H3. The van der Waals surface area contributed by atoms with Crippen LogP contribution in [0.25, 0.3) is 0 Å². The molecule has 0 saturated carbocycles. The highest BCUT2D eigenvalue weighted by Gasteiger charge is 2.34. The van der Waals surface area contributed by atoms with Gasteiger partial charge < -0.3 is 20.1 Å². The molecule has 2 N–H and O–H groups in total. The number of nitrogens with zero attached hydrogens (tertiary/aromatic N) is 1. The summed E-state index contributed by atoms with van der Waals surface area (Å²) in [5.41, 5.74) is 0.425. The molecule has 1 aliphatic heterocycles. The molecular weight excluding hydrogens is 315 g/mol. The molecule has 1 aromatic rings. The fourth-order valence-electron chi connectivity index (χ4n) is 2.07. The number of β-amino-alcohol motifs (C(OH)–C–C–N with tert-alkyl or cyclic N) is 1. The third-order valence-corrected chi connectivity index (χ3v) is 3.46. The van der Waals surface area contributed by atoms with Crippen LogP contribution in [0.4, 0.5) is 10.1 Å². The highest BCUT2D eigenvalue weighted by molar-refractivity contribution is 6.33. The molecule has 1 amide bonds. The first-order valence-electron chi connectivity index (χ1n) is 6.41. The number of aliphatic hydroxyl groups excluding tert-OH is 1. The number of hydrogen-bond donors (Lipinski definition) is 2. The van der Waals surface area contributed by atoms with Crippen molar-refractivity contribution < 1.29 is 23.8 Å². The van der Waals surface area contributed by atoms with E-state index in [1.54, 1.807) is 0 Å². The Morgan fingerprint density at radius 2 is 2.27 bits per heavy atom. The number of hydrogen-bond acceptors (Lipinski definition) is 5. The van der Waals surface area contributed by atoms with Gasteiger partial charge in [0.05, 0.1) is 36.5 Å². The Bertz CT molecular complexity index is 648. The molecule has 0 bridgehead atoms. The lowest BCUT2D eigenvalue weighted by Gasteiger charge is -2.15. The number of amides is 1. The third kappa shape index (κ3) is 3.20. The number of nitrogens with one attached hydrogen (secondary N) is 1. The predicted molar refractivity (Wildman–Crippen MR) is 77.7 cm³/mol. The van der Waals surface area contributed by atoms with Crippen LogP contribution in [0.3, 0.4) is 0 Å². The summed E-state index contributed by atoms with van der Waals surface area (Å²) in [6.45, 7) is -0.125. The van der Waals surface area contributed by atoms with Gasteiger partial charge in [0.1, 0.15) is 11.5 Å². The summed E-state index contributed by atoms with van der Waals surface area (Å²) in [4.78, 5) is 25.4. The molecule has 8 heteroatoms. The van der Waals surface area contributed by atoms with Gasteiger partial charge in [0.2, 0.25) is 0 Å². The topological polar surface area (TPSA) is 78.9 Å².